The number of rotatable bonds is 5. The monoisotopic (exact) mass is 370 g/mol. The van der Waals surface area contributed by atoms with Gasteiger partial charge in [-0.3, -0.25) is 9.48 Å². The molecule has 1 N–H and O–H groups in total. The molecule has 0 bridgehead atoms. The van der Waals surface area contributed by atoms with Gasteiger partial charge in [0.15, 0.2) is 0 Å². The third kappa shape index (κ3) is 3.45. The molecule has 130 valence electrons. The van der Waals surface area contributed by atoms with E-state index in [0.29, 0.717) is 11.3 Å². The molecule has 1 heterocycles. The summed E-state index contributed by atoms with van der Waals surface area (Å²) in [4.78, 5) is 11.5. The quantitative estimate of drug-likeness (QED) is 0.865. The summed E-state index contributed by atoms with van der Waals surface area (Å²) in [5.74, 6) is -0.194. The van der Waals surface area contributed by atoms with E-state index in [1.54, 1.807) is 45.3 Å². The SMILES string of the molecule is CNC(=O)c1ccc(CN(C)S(=O)(=O)c2c(C)nn(C)c2Cl)cc1. The van der Waals surface area contributed by atoms with Crippen LogP contribution in [0.1, 0.15) is 21.6 Å². The lowest BCUT2D eigenvalue weighted by Gasteiger charge is -2.17. The van der Waals surface area contributed by atoms with Gasteiger partial charge < -0.3 is 5.32 Å². The second-order valence-corrected chi connectivity index (χ2v) is 7.71. The second kappa shape index (κ2) is 6.92. The molecule has 2 aromatic rings. The van der Waals surface area contributed by atoms with Crippen LogP contribution in [0.3, 0.4) is 0 Å². The van der Waals surface area contributed by atoms with Gasteiger partial charge in [0.1, 0.15) is 10.0 Å². The van der Waals surface area contributed by atoms with E-state index in [0.717, 1.165) is 5.56 Å². The Hall–Kier alpha value is -1.90. The van der Waals surface area contributed by atoms with Crippen LogP contribution < -0.4 is 5.32 Å². The fourth-order valence-electron chi connectivity index (χ4n) is 2.31. The van der Waals surface area contributed by atoms with E-state index in [2.05, 4.69) is 10.4 Å². The molecule has 0 saturated heterocycles. The molecule has 0 fully saturated rings. The summed E-state index contributed by atoms with van der Waals surface area (Å²) in [5, 5.41) is 6.65. The summed E-state index contributed by atoms with van der Waals surface area (Å²) in [6.07, 6.45) is 0. The summed E-state index contributed by atoms with van der Waals surface area (Å²) in [6.45, 7) is 1.76. The highest BCUT2D eigenvalue weighted by molar-refractivity contribution is 7.89. The lowest BCUT2D eigenvalue weighted by molar-refractivity contribution is 0.0963. The number of hydrogen-bond acceptors (Lipinski definition) is 4. The number of sulfonamides is 1. The van der Waals surface area contributed by atoms with Crippen LogP contribution in [-0.2, 0) is 23.6 Å². The van der Waals surface area contributed by atoms with E-state index in [1.165, 1.54) is 16.0 Å². The number of carbonyl (C=O) groups excluding carboxylic acids is 1. The van der Waals surface area contributed by atoms with E-state index in [1.807, 2.05) is 0 Å². The molecule has 0 atom stereocenters. The zero-order chi connectivity index (χ0) is 18.1. The molecule has 0 aliphatic carbocycles. The largest absolute Gasteiger partial charge is 0.355 e. The van der Waals surface area contributed by atoms with Crippen molar-refractivity contribution in [1.29, 1.82) is 0 Å². The van der Waals surface area contributed by atoms with Crippen LogP contribution in [0.15, 0.2) is 29.2 Å². The van der Waals surface area contributed by atoms with Crippen molar-refractivity contribution in [2.24, 2.45) is 7.05 Å². The Kier molecular flexibility index (Phi) is 5.32. The van der Waals surface area contributed by atoms with Crippen LogP contribution in [-0.4, -0.2) is 42.5 Å². The van der Waals surface area contributed by atoms with Gasteiger partial charge in [-0.25, -0.2) is 8.42 Å². The van der Waals surface area contributed by atoms with Gasteiger partial charge >= 0.3 is 0 Å². The van der Waals surface area contributed by atoms with Crippen LogP contribution in [0.2, 0.25) is 5.15 Å². The standard InChI is InChI=1S/C15H19ClN4O3S/c1-10-13(14(16)20(4)18-10)24(22,23)19(3)9-11-5-7-12(8-6-11)15(21)17-2/h5-8H,9H2,1-4H3,(H,17,21). The summed E-state index contributed by atoms with van der Waals surface area (Å²) < 4.78 is 28.0. The number of carbonyl (C=O) groups is 1. The molecule has 0 saturated carbocycles. The molecule has 0 aliphatic heterocycles. The number of benzene rings is 1. The Labute approximate surface area is 146 Å². The van der Waals surface area contributed by atoms with Crippen molar-refractivity contribution in [3.05, 3.63) is 46.2 Å². The maximum atomic E-state index is 12.7. The van der Waals surface area contributed by atoms with Gasteiger partial charge in [0.2, 0.25) is 10.0 Å². The first-order valence-electron chi connectivity index (χ1n) is 7.15. The minimum atomic E-state index is -3.77. The molecular weight excluding hydrogens is 352 g/mol. The van der Waals surface area contributed by atoms with E-state index in [-0.39, 0.29) is 22.5 Å². The third-order valence-electron chi connectivity index (χ3n) is 3.62. The van der Waals surface area contributed by atoms with Gasteiger partial charge in [-0.15, -0.1) is 0 Å². The maximum Gasteiger partial charge on any atom is 0.251 e. The zero-order valence-corrected chi connectivity index (χ0v) is 15.4. The number of nitrogens with one attached hydrogen (secondary N) is 1. The molecule has 7 nitrogen and oxygen atoms in total. The van der Waals surface area contributed by atoms with Crippen molar-refractivity contribution in [3.63, 3.8) is 0 Å². The Morgan fingerprint density at radius 3 is 2.38 bits per heavy atom. The highest BCUT2D eigenvalue weighted by Gasteiger charge is 2.29. The van der Waals surface area contributed by atoms with Crippen molar-refractivity contribution in [3.8, 4) is 0 Å². The third-order valence-corrected chi connectivity index (χ3v) is 6.12. The van der Waals surface area contributed by atoms with E-state index >= 15 is 0 Å². The molecule has 2 rings (SSSR count). The number of aromatic nitrogens is 2. The van der Waals surface area contributed by atoms with E-state index in [9.17, 15) is 13.2 Å². The molecule has 24 heavy (non-hydrogen) atoms. The molecule has 0 aliphatic rings. The normalized spacial score (nSPS) is 11.8. The molecule has 0 spiro atoms. The van der Waals surface area contributed by atoms with Gasteiger partial charge in [-0.05, 0) is 24.6 Å². The summed E-state index contributed by atoms with van der Waals surface area (Å²) in [5.41, 5.74) is 1.62. The molecule has 0 unspecified atom stereocenters. The summed E-state index contributed by atoms with van der Waals surface area (Å²) in [6, 6.07) is 6.73. The first-order chi connectivity index (χ1) is 11.2. The Morgan fingerprint density at radius 2 is 1.92 bits per heavy atom. The van der Waals surface area contributed by atoms with Crippen LogP contribution in [0.5, 0.6) is 0 Å². The van der Waals surface area contributed by atoms with Gasteiger partial charge in [0, 0.05) is 33.3 Å². The van der Waals surface area contributed by atoms with Crippen molar-refractivity contribution < 1.29 is 13.2 Å². The average Bonchev–Trinajstić information content (AvgIpc) is 2.80. The first kappa shape index (κ1) is 18.4. The van der Waals surface area contributed by atoms with Gasteiger partial charge in [0.05, 0.1) is 5.69 Å². The smallest absolute Gasteiger partial charge is 0.251 e. The number of amides is 1. The van der Waals surface area contributed by atoms with Gasteiger partial charge in [0.25, 0.3) is 5.91 Å². The minimum absolute atomic E-state index is 0.0103. The zero-order valence-electron chi connectivity index (χ0n) is 13.9. The average molecular weight is 371 g/mol. The number of aryl methyl sites for hydroxylation is 2. The molecular formula is C15H19ClN4O3S. The molecule has 9 heteroatoms. The molecule has 1 aromatic heterocycles. The highest BCUT2D eigenvalue weighted by atomic mass is 35.5. The van der Waals surface area contributed by atoms with Crippen LogP contribution in [0.4, 0.5) is 0 Å². The van der Waals surface area contributed by atoms with Crippen LogP contribution in [0, 0.1) is 6.92 Å². The lowest BCUT2D eigenvalue weighted by Crippen LogP contribution is -2.27. The van der Waals surface area contributed by atoms with Crippen molar-refractivity contribution in [2.45, 2.75) is 18.4 Å². The van der Waals surface area contributed by atoms with Gasteiger partial charge in [-0.2, -0.15) is 9.40 Å². The number of nitrogens with zero attached hydrogens (tertiary/aromatic N) is 3. The highest BCUT2D eigenvalue weighted by Crippen LogP contribution is 2.27. The van der Waals surface area contributed by atoms with Gasteiger partial charge in [-0.1, -0.05) is 23.7 Å². The minimum Gasteiger partial charge on any atom is -0.355 e. The van der Waals surface area contributed by atoms with Crippen molar-refractivity contribution >= 4 is 27.5 Å². The summed E-state index contributed by atoms with van der Waals surface area (Å²) in [7, 11) is 0.848. The van der Waals surface area contributed by atoms with Crippen LogP contribution >= 0.6 is 11.6 Å². The van der Waals surface area contributed by atoms with Crippen molar-refractivity contribution in [2.75, 3.05) is 14.1 Å². The fourth-order valence-corrected chi connectivity index (χ4v) is 4.16. The lowest BCUT2D eigenvalue weighted by atomic mass is 10.1. The Balaban J connectivity index is 2.25. The maximum absolute atomic E-state index is 12.7. The second-order valence-electron chi connectivity index (χ2n) is 5.37. The van der Waals surface area contributed by atoms with E-state index < -0.39 is 10.0 Å². The van der Waals surface area contributed by atoms with Crippen LogP contribution in [0.25, 0.3) is 0 Å². The first-order valence-corrected chi connectivity index (χ1v) is 8.96. The molecule has 1 amide bonds. The molecule has 1 aromatic carbocycles. The summed E-state index contributed by atoms with van der Waals surface area (Å²) >= 11 is 6.07. The topological polar surface area (TPSA) is 84.3 Å². The number of halogens is 1. The predicted molar refractivity (Wildman–Crippen MR) is 91.4 cm³/mol. The van der Waals surface area contributed by atoms with Crippen molar-refractivity contribution in [1.82, 2.24) is 19.4 Å². The van der Waals surface area contributed by atoms with E-state index in [4.69, 9.17) is 11.6 Å². The molecule has 0 radical (unpaired) electrons. The Morgan fingerprint density at radius 1 is 1.33 bits per heavy atom. The Bertz CT molecular complexity index is 860. The fraction of sp³-hybridized carbons (Fsp3) is 0.333. The predicted octanol–water partition coefficient (Wildman–Crippen LogP) is 1.56. The number of hydrogen-bond donors (Lipinski definition) is 1.